The second-order valence-electron chi connectivity index (χ2n) is 9.44. The number of hydrogen-bond donors (Lipinski definition) is 2. The molecule has 2 N–H and O–H groups in total. The Morgan fingerprint density at radius 3 is 2.76 bits per heavy atom. The van der Waals surface area contributed by atoms with E-state index >= 15 is 0 Å². The van der Waals surface area contributed by atoms with Gasteiger partial charge in [0.1, 0.15) is 6.04 Å². The lowest BCUT2D eigenvalue weighted by Crippen LogP contribution is -2.52. The molecule has 0 saturated carbocycles. The molecule has 5 rings (SSSR count). The second-order valence-corrected chi connectivity index (χ2v) is 9.85. The van der Waals surface area contributed by atoms with Crippen LogP contribution in [0.25, 0.3) is 0 Å². The molecule has 3 aliphatic rings. The van der Waals surface area contributed by atoms with Gasteiger partial charge in [0.15, 0.2) is 0 Å². The van der Waals surface area contributed by atoms with Crippen LogP contribution in [-0.4, -0.2) is 52.7 Å². The maximum atomic E-state index is 12.9. The number of benzene rings is 2. The molecule has 2 saturated heterocycles. The number of carbonyl (C=O) groups excluding carboxylic acids is 3. The highest BCUT2D eigenvalue weighted by Gasteiger charge is 2.39. The van der Waals surface area contributed by atoms with Crippen LogP contribution in [0.15, 0.2) is 42.5 Å². The van der Waals surface area contributed by atoms with Crippen LogP contribution in [0.1, 0.15) is 52.7 Å². The van der Waals surface area contributed by atoms with Crippen molar-refractivity contribution in [2.75, 3.05) is 13.1 Å². The smallest absolute Gasteiger partial charge is 0.255 e. The summed E-state index contributed by atoms with van der Waals surface area (Å²) in [6, 6.07) is 13.8. The number of carbonyl (C=O) groups is 3. The Hall–Kier alpha value is -2.74. The van der Waals surface area contributed by atoms with E-state index in [9.17, 15) is 14.4 Å². The van der Waals surface area contributed by atoms with Gasteiger partial charge in [0.25, 0.3) is 5.91 Å². The van der Waals surface area contributed by atoms with Gasteiger partial charge in [-0.2, -0.15) is 0 Å². The number of likely N-dealkylation sites (tertiary alicyclic amines) is 1. The van der Waals surface area contributed by atoms with Gasteiger partial charge in [-0.25, -0.2) is 0 Å². The van der Waals surface area contributed by atoms with E-state index in [4.69, 9.17) is 11.6 Å². The van der Waals surface area contributed by atoms with Crippen LogP contribution in [-0.2, 0) is 29.2 Å². The monoisotopic (exact) mass is 480 g/mol. The molecule has 0 spiro atoms. The third-order valence-corrected chi connectivity index (χ3v) is 7.41. The molecule has 7 nitrogen and oxygen atoms in total. The molecule has 2 unspecified atom stereocenters. The molecule has 2 aromatic rings. The summed E-state index contributed by atoms with van der Waals surface area (Å²) in [4.78, 5) is 40.6. The van der Waals surface area contributed by atoms with Crippen molar-refractivity contribution in [3.8, 4) is 0 Å². The number of fused-ring (bicyclic) bond motifs is 1. The molecule has 34 heavy (non-hydrogen) atoms. The minimum atomic E-state index is -0.578. The number of halogens is 1. The summed E-state index contributed by atoms with van der Waals surface area (Å²) < 4.78 is 0. The molecule has 0 aliphatic carbocycles. The summed E-state index contributed by atoms with van der Waals surface area (Å²) >= 11 is 6.35. The Bertz CT molecular complexity index is 1120. The first-order valence-electron chi connectivity index (χ1n) is 11.9. The normalized spacial score (nSPS) is 23.2. The summed E-state index contributed by atoms with van der Waals surface area (Å²) in [5.74, 6) is -0.781. The fraction of sp³-hybridized carbons (Fsp3) is 0.423. The Morgan fingerprint density at radius 2 is 1.94 bits per heavy atom. The van der Waals surface area contributed by atoms with Crippen molar-refractivity contribution < 1.29 is 14.4 Å². The van der Waals surface area contributed by atoms with E-state index in [1.807, 2.05) is 30.3 Å². The molecule has 0 aromatic heterocycles. The molecule has 3 heterocycles. The van der Waals surface area contributed by atoms with Crippen LogP contribution >= 0.6 is 11.6 Å². The number of piperidine rings is 2. The lowest BCUT2D eigenvalue weighted by Gasteiger charge is -2.33. The average molecular weight is 481 g/mol. The van der Waals surface area contributed by atoms with Crippen LogP contribution in [0.4, 0.5) is 0 Å². The van der Waals surface area contributed by atoms with Crippen molar-refractivity contribution in [1.82, 2.24) is 20.4 Å². The zero-order valence-electron chi connectivity index (χ0n) is 19.1. The summed E-state index contributed by atoms with van der Waals surface area (Å²) in [7, 11) is 0. The first-order chi connectivity index (χ1) is 16.5. The largest absolute Gasteiger partial charge is 0.322 e. The Morgan fingerprint density at radius 1 is 1.09 bits per heavy atom. The van der Waals surface area contributed by atoms with Crippen molar-refractivity contribution in [3.05, 3.63) is 69.7 Å². The van der Waals surface area contributed by atoms with E-state index in [2.05, 4.69) is 27.7 Å². The van der Waals surface area contributed by atoms with Crippen LogP contribution in [0, 0.1) is 0 Å². The number of imide groups is 1. The molecule has 2 atom stereocenters. The highest BCUT2D eigenvalue weighted by atomic mass is 35.5. The fourth-order valence-electron chi connectivity index (χ4n) is 5.23. The third-order valence-electron chi connectivity index (χ3n) is 7.04. The van der Waals surface area contributed by atoms with Crippen molar-refractivity contribution in [3.63, 3.8) is 0 Å². The molecule has 178 valence electrons. The minimum Gasteiger partial charge on any atom is -0.322 e. The summed E-state index contributed by atoms with van der Waals surface area (Å²) in [6.07, 6.45) is 2.92. The first-order valence-corrected chi connectivity index (χ1v) is 12.3. The van der Waals surface area contributed by atoms with Crippen molar-refractivity contribution in [2.24, 2.45) is 0 Å². The number of rotatable bonds is 6. The van der Waals surface area contributed by atoms with Gasteiger partial charge in [0, 0.05) is 49.2 Å². The molecule has 8 heteroatoms. The summed E-state index contributed by atoms with van der Waals surface area (Å²) in [5, 5.41) is 6.85. The predicted octanol–water partition coefficient (Wildman–Crippen LogP) is 2.86. The minimum absolute atomic E-state index is 0.133. The van der Waals surface area contributed by atoms with Gasteiger partial charge in [-0.3, -0.25) is 24.6 Å². The molecule has 0 radical (unpaired) electrons. The van der Waals surface area contributed by atoms with Crippen molar-refractivity contribution in [1.29, 1.82) is 0 Å². The maximum absolute atomic E-state index is 12.9. The molecular formula is C26H29ClN4O3. The van der Waals surface area contributed by atoms with E-state index in [-0.39, 0.29) is 24.1 Å². The summed E-state index contributed by atoms with van der Waals surface area (Å²) in [5.41, 5.74) is 3.88. The van der Waals surface area contributed by atoms with Crippen LogP contribution in [0.2, 0.25) is 5.02 Å². The van der Waals surface area contributed by atoms with E-state index in [1.54, 1.807) is 4.90 Å². The molecule has 2 fully saturated rings. The van der Waals surface area contributed by atoms with Gasteiger partial charge in [0.05, 0.1) is 0 Å². The number of amides is 3. The fourth-order valence-corrected chi connectivity index (χ4v) is 5.43. The quantitative estimate of drug-likeness (QED) is 0.621. The summed E-state index contributed by atoms with van der Waals surface area (Å²) in [6.45, 7) is 4.03. The Labute approximate surface area is 204 Å². The molecule has 2 aromatic carbocycles. The second kappa shape index (κ2) is 9.86. The van der Waals surface area contributed by atoms with Gasteiger partial charge in [-0.15, -0.1) is 0 Å². The van der Waals surface area contributed by atoms with Crippen LogP contribution in [0.3, 0.4) is 0 Å². The SMILES string of the molecule is O=C1CCC(N2Cc3cc(CNC4CCCN(Cc5ccccc5Cl)C4)ccc3C2=O)C(=O)N1. The van der Waals surface area contributed by atoms with Crippen molar-refractivity contribution in [2.45, 2.75) is 57.4 Å². The van der Waals surface area contributed by atoms with Crippen LogP contribution < -0.4 is 10.6 Å². The lowest BCUT2D eigenvalue weighted by molar-refractivity contribution is -0.136. The number of nitrogens with zero attached hydrogens (tertiary/aromatic N) is 2. The zero-order chi connectivity index (χ0) is 23.7. The van der Waals surface area contributed by atoms with Gasteiger partial charge in [-0.1, -0.05) is 41.9 Å². The number of nitrogens with one attached hydrogen (secondary N) is 2. The number of hydrogen-bond acceptors (Lipinski definition) is 5. The standard InChI is InChI=1S/C26H29ClN4O3/c27-22-6-2-1-4-18(22)14-30-11-3-5-20(16-30)28-13-17-7-8-21-19(12-17)15-31(26(21)34)23-9-10-24(32)29-25(23)33/h1-2,4,6-8,12,20,23,28H,3,5,9-11,13-16H2,(H,29,32,33). The first kappa shape index (κ1) is 23.0. The lowest BCUT2D eigenvalue weighted by atomic mass is 10.0. The van der Waals surface area contributed by atoms with Gasteiger partial charge >= 0.3 is 0 Å². The Balaban J connectivity index is 1.18. The average Bonchev–Trinajstić information content (AvgIpc) is 3.15. The van der Waals surface area contributed by atoms with Crippen molar-refractivity contribution >= 4 is 29.3 Å². The maximum Gasteiger partial charge on any atom is 0.255 e. The topological polar surface area (TPSA) is 81.8 Å². The van der Waals surface area contributed by atoms with Crippen LogP contribution in [0.5, 0.6) is 0 Å². The Kier molecular flexibility index (Phi) is 6.68. The van der Waals surface area contributed by atoms with E-state index in [0.29, 0.717) is 24.6 Å². The van der Waals surface area contributed by atoms with E-state index < -0.39 is 6.04 Å². The molecular weight excluding hydrogens is 452 g/mol. The highest BCUT2D eigenvalue weighted by Crippen LogP contribution is 2.28. The molecule has 3 amide bonds. The van der Waals surface area contributed by atoms with E-state index in [1.165, 1.54) is 0 Å². The molecule has 0 bridgehead atoms. The molecule has 3 aliphatic heterocycles. The predicted molar refractivity (Wildman–Crippen MR) is 129 cm³/mol. The van der Waals surface area contributed by atoms with Gasteiger partial charge in [-0.05, 0) is 54.6 Å². The van der Waals surface area contributed by atoms with Gasteiger partial charge in [0.2, 0.25) is 11.8 Å². The third kappa shape index (κ3) is 4.87. The highest BCUT2D eigenvalue weighted by molar-refractivity contribution is 6.31. The zero-order valence-corrected chi connectivity index (χ0v) is 19.8. The van der Waals surface area contributed by atoms with E-state index in [0.717, 1.165) is 60.7 Å². The van der Waals surface area contributed by atoms with Gasteiger partial charge < -0.3 is 10.2 Å².